The number of fused-ring (bicyclic) bond motifs is 1. The van der Waals surface area contributed by atoms with Crippen LogP contribution in [0.5, 0.6) is 5.75 Å². The van der Waals surface area contributed by atoms with Gasteiger partial charge in [0, 0.05) is 56.1 Å². The Bertz CT molecular complexity index is 1190. The number of rotatable bonds is 9. The molecule has 2 saturated heterocycles. The molecule has 0 radical (unpaired) electrons. The van der Waals surface area contributed by atoms with E-state index in [0.29, 0.717) is 6.10 Å². The quantitative estimate of drug-likeness (QED) is 0.372. The number of ether oxygens (including phenoxy) is 2. The maximum Gasteiger partial charge on any atom is 0.131 e. The molecule has 3 heterocycles. The number of hydrogen-bond acceptors (Lipinski definition) is 7. The molecule has 0 bridgehead atoms. The van der Waals surface area contributed by atoms with Gasteiger partial charge in [-0.15, -0.1) is 0 Å². The van der Waals surface area contributed by atoms with Crippen LogP contribution in [0.3, 0.4) is 0 Å². The van der Waals surface area contributed by atoms with Crippen molar-refractivity contribution in [3.63, 3.8) is 0 Å². The van der Waals surface area contributed by atoms with E-state index < -0.39 is 6.23 Å². The Hall–Kier alpha value is -2.42. The SMILES string of the molecule is CCC1=C(c2ccc(OC3CCN(C)CC3)cc2)c2cc(C(O)NCC3(N4CCOCC4)CCCC3)ccc2NC1. The van der Waals surface area contributed by atoms with E-state index in [1.54, 1.807) is 0 Å². The van der Waals surface area contributed by atoms with Gasteiger partial charge in [0.15, 0.2) is 0 Å². The van der Waals surface area contributed by atoms with Crippen molar-refractivity contribution < 1.29 is 14.6 Å². The van der Waals surface area contributed by atoms with Gasteiger partial charge in [-0.2, -0.15) is 0 Å². The third-order valence-corrected chi connectivity index (χ3v) is 9.85. The van der Waals surface area contributed by atoms with E-state index in [1.165, 1.54) is 48.0 Å². The lowest BCUT2D eigenvalue weighted by Crippen LogP contribution is -2.57. The van der Waals surface area contributed by atoms with E-state index in [4.69, 9.17) is 9.47 Å². The van der Waals surface area contributed by atoms with Gasteiger partial charge in [-0.1, -0.05) is 38.0 Å². The van der Waals surface area contributed by atoms with Crippen molar-refractivity contribution in [2.24, 2.45) is 0 Å². The molecule has 41 heavy (non-hydrogen) atoms. The Kier molecular flexibility index (Phi) is 8.98. The van der Waals surface area contributed by atoms with Crippen molar-refractivity contribution in [1.29, 1.82) is 0 Å². The normalized spacial score (nSPS) is 22.8. The predicted octanol–water partition coefficient (Wildman–Crippen LogP) is 5.02. The minimum absolute atomic E-state index is 0.123. The molecule has 1 atom stereocenters. The summed E-state index contributed by atoms with van der Waals surface area (Å²) < 4.78 is 12.0. The third-order valence-electron chi connectivity index (χ3n) is 9.85. The molecular weight excluding hydrogens is 512 g/mol. The fourth-order valence-corrected chi connectivity index (χ4v) is 7.31. The lowest BCUT2D eigenvalue weighted by molar-refractivity contribution is -0.0257. The van der Waals surface area contributed by atoms with E-state index in [1.807, 2.05) is 0 Å². The van der Waals surface area contributed by atoms with Crippen molar-refractivity contribution >= 4 is 11.3 Å². The van der Waals surface area contributed by atoms with E-state index in [2.05, 4.69) is 76.9 Å². The van der Waals surface area contributed by atoms with Crippen LogP contribution in [0.2, 0.25) is 0 Å². The van der Waals surface area contributed by atoms with Gasteiger partial charge in [0.05, 0.1) is 13.2 Å². The van der Waals surface area contributed by atoms with E-state index in [-0.39, 0.29) is 5.54 Å². The first-order valence-electron chi connectivity index (χ1n) is 15.8. The molecule has 2 aromatic rings. The average molecular weight is 561 g/mol. The first-order valence-corrected chi connectivity index (χ1v) is 15.8. The van der Waals surface area contributed by atoms with Crippen molar-refractivity contribution in [3.8, 4) is 5.75 Å². The number of aliphatic hydroxyl groups excluding tert-OH is 1. The Morgan fingerprint density at radius 1 is 1.05 bits per heavy atom. The Balaban J connectivity index is 1.19. The molecule has 2 aromatic carbocycles. The monoisotopic (exact) mass is 560 g/mol. The zero-order chi connectivity index (χ0) is 28.2. The summed E-state index contributed by atoms with van der Waals surface area (Å²) in [5, 5.41) is 18.5. The van der Waals surface area contributed by atoms with Crippen LogP contribution in [-0.4, -0.2) is 86.1 Å². The van der Waals surface area contributed by atoms with Crippen molar-refractivity contribution in [2.75, 3.05) is 64.8 Å². The van der Waals surface area contributed by atoms with Gasteiger partial charge < -0.3 is 24.8 Å². The first-order chi connectivity index (χ1) is 20.0. The summed E-state index contributed by atoms with van der Waals surface area (Å²) >= 11 is 0. The highest BCUT2D eigenvalue weighted by Crippen LogP contribution is 2.39. The van der Waals surface area contributed by atoms with Crippen LogP contribution in [0, 0.1) is 0 Å². The molecule has 1 aliphatic carbocycles. The van der Waals surface area contributed by atoms with Crippen molar-refractivity contribution in [1.82, 2.24) is 15.1 Å². The van der Waals surface area contributed by atoms with Gasteiger partial charge in [0.25, 0.3) is 0 Å². The molecular formula is C34H48N4O3. The van der Waals surface area contributed by atoms with Crippen LogP contribution in [0.4, 0.5) is 5.69 Å². The lowest BCUT2D eigenvalue weighted by Gasteiger charge is -2.44. The third kappa shape index (κ3) is 6.35. The molecule has 3 N–H and O–H groups in total. The second-order valence-electron chi connectivity index (χ2n) is 12.4. The Labute approximate surface area is 245 Å². The number of hydrogen-bond donors (Lipinski definition) is 3. The molecule has 1 saturated carbocycles. The second kappa shape index (κ2) is 12.8. The number of piperidine rings is 1. The van der Waals surface area contributed by atoms with Crippen molar-refractivity contribution in [2.45, 2.75) is 69.7 Å². The maximum atomic E-state index is 11.4. The van der Waals surface area contributed by atoms with Crippen LogP contribution in [0.15, 0.2) is 48.0 Å². The van der Waals surface area contributed by atoms with Crippen LogP contribution in [-0.2, 0) is 4.74 Å². The molecule has 0 spiro atoms. The number of morpholine rings is 1. The molecule has 0 aromatic heterocycles. The molecule has 3 aliphatic heterocycles. The van der Waals surface area contributed by atoms with Gasteiger partial charge in [-0.3, -0.25) is 10.2 Å². The summed E-state index contributed by atoms with van der Waals surface area (Å²) in [7, 11) is 2.18. The summed E-state index contributed by atoms with van der Waals surface area (Å²) in [5.41, 5.74) is 7.20. The minimum atomic E-state index is -0.711. The summed E-state index contributed by atoms with van der Waals surface area (Å²) in [6.07, 6.45) is 7.61. The van der Waals surface area contributed by atoms with Gasteiger partial charge in [-0.25, -0.2) is 0 Å². The standard InChI is InChI=1S/C34H48N4O3/c1-3-25-23-35-31-11-8-27(33(39)36-24-34(14-4-5-15-34)38-18-20-40-21-19-38)22-30(31)32(25)26-6-9-28(10-7-26)41-29-12-16-37(2)17-13-29/h6-11,22,29,33,35-36,39H,3-5,12-21,23-24H2,1-2H3. The number of aliphatic hydroxyl groups is 1. The van der Waals surface area contributed by atoms with Crippen LogP contribution < -0.4 is 15.4 Å². The minimum Gasteiger partial charge on any atom is -0.490 e. The topological polar surface area (TPSA) is 69.2 Å². The molecule has 0 amide bonds. The summed E-state index contributed by atoms with van der Waals surface area (Å²) in [6.45, 7) is 9.64. The number of nitrogens with one attached hydrogen (secondary N) is 2. The fraction of sp³-hybridized carbons (Fsp3) is 0.588. The Morgan fingerprint density at radius 3 is 2.49 bits per heavy atom. The molecule has 3 fully saturated rings. The van der Waals surface area contributed by atoms with E-state index >= 15 is 0 Å². The van der Waals surface area contributed by atoms with Gasteiger partial charge in [0.2, 0.25) is 0 Å². The van der Waals surface area contributed by atoms with Crippen molar-refractivity contribution in [3.05, 3.63) is 64.7 Å². The summed E-state index contributed by atoms with van der Waals surface area (Å²) in [4.78, 5) is 4.97. The smallest absolute Gasteiger partial charge is 0.131 e. The van der Waals surface area contributed by atoms with Gasteiger partial charge in [0.1, 0.15) is 18.1 Å². The second-order valence-corrected chi connectivity index (χ2v) is 12.4. The first kappa shape index (κ1) is 28.7. The zero-order valence-corrected chi connectivity index (χ0v) is 25.0. The Morgan fingerprint density at radius 2 is 1.78 bits per heavy atom. The molecule has 7 heteroatoms. The molecule has 7 nitrogen and oxygen atoms in total. The van der Waals surface area contributed by atoms with E-state index in [9.17, 15) is 5.11 Å². The average Bonchev–Trinajstić information content (AvgIpc) is 3.51. The largest absolute Gasteiger partial charge is 0.490 e. The highest BCUT2D eigenvalue weighted by atomic mass is 16.5. The number of likely N-dealkylation sites (tertiary alicyclic amines) is 1. The lowest BCUT2D eigenvalue weighted by atomic mass is 9.87. The predicted molar refractivity (Wildman–Crippen MR) is 165 cm³/mol. The molecule has 6 rings (SSSR count). The molecule has 222 valence electrons. The fourth-order valence-electron chi connectivity index (χ4n) is 7.31. The van der Waals surface area contributed by atoms with Crippen LogP contribution in [0.1, 0.15) is 74.8 Å². The number of benzene rings is 2. The highest BCUT2D eigenvalue weighted by molar-refractivity contribution is 5.91. The molecule has 4 aliphatic rings. The van der Waals surface area contributed by atoms with E-state index in [0.717, 1.165) is 88.7 Å². The highest BCUT2D eigenvalue weighted by Gasteiger charge is 2.40. The number of anilines is 1. The van der Waals surface area contributed by atoms with Gasteiger partial charge in [-0.05, 0) is 85.7 Å². The summed E-state index contributed by atoms with van der Waals surface area (Å²) in [5.74, 6) is 0.950. The van der Waals surface area contributed by atoms with Gasteiger partial charge >= 0.3 is 0 Å². The maximum absolute atomic E-state index is 11.4. The molecule has 1 unspecified atom stereocenters. The zero-order valence-electron chi connectivity index (χ0n) is 25.0. The van der Waals surface area contributed by atoms with Crippen LogP contribution >= 0.6 is 0 Å². The van der Waals surface area contributed by atoms with Crippen LogP contribution in [0.25, 0.3) is 5.57 Å². The number of nitrogens with zero attached hydrogens (tertiary/aromatic N) is 2. The summed E-state index contributed by atoms with van der Waals surface area (Å²) in [6, 6.07) is 15.0.